The van der Waals surface area contributed by atoms with Crippen LogP contribution in [0, 0.1) is 32.1 Å². The van der Waals surface area contributed by atoms with Gasteiger partial charge in [0, 0.05) is 16.1 Å². The van der Waals surface area contributed by atoms with E-state index in [1.165, 1.54) is 6.07 Å². The molecule has 0 aliphatic heterocycles. The topological polar surface area (TPSA) is 23.8 Å². The molecule has 0 saturated heterocycles. The Hall–Kier alpha value is -2.77. The fraction of sp³-hybridized carbons (Fsp3) is 0.174. The van der Waals surface area contributed by atoms with E-state index in [1.807, 2.05) is 32.0 Å². The second-order valence-corrected chi connectivity index (χ2v) is 7.24. The van der Waals surface area contributed by atoms with Gasteiger partial charge in [-0.1, -0.05) is 29.3 Å². The van der Waals surface area contributed by atoms with Crippen LogP contribution in [0.2, 0.25) is 5.02 Å². The zero-order valence-electron chi connectivity index (χ0n) is 15.6. The van der Waals surface area contributed by atoms with Crippen molar-refractivity contribution >= 4 is 11.6 Å². The van der Waals surface area contributed by atoms with E-state index in [9.17, 15) is 18.4 Å². The maximum Gasteiger partial charge on any atom is 0.416 e. The standard InChI is InChI=1S/C23H17ClF3N/c1-13-4-7-22(24)21(8-13)20-9-15(3)18(10-16(20)12-28)19-11-17(23(25,26)27)6-5-14(19)2/h4-11H,1-3H3. The normalized spacial score (nSPS) is 11.4. The SMILES string of the molecule is Cc1ccc(Cl)c(-c2cc(C)c(-c3cc(C(F)(F)F)ccc3C)cc2C#N)c1. The van der Waals surface area contributed by atoms with Crippen molar-refractivity contribution in [2.45, 2.75) is 26.9 Å². The van der Waals surface area contributed by atoms with E-state index in [2.05, 4.69) is 6.07 Å². The predicted octanol–water partition coefficient (Wildman–Crippen LogP) is 7.49. The largest absolute Gasteiger partial charge is 0.416 e. The minimum absolute atomic E-state index is 0.366. The fourth-order valence-electron chi connectivity index (χ4n) is 3.25. The van der Waals surface area contributed by atoms with Crippen LogP contribution in [0.1, 0.15) is 27.8 Å². The van der Waals surface area contributed by atoms with E-state index in [1.54, 1.807) is 19.1 Å². The Balaban J connectivity index is 2.24. The molecule has 0 atom stereocenters. The van der Waals surface area contributed by atoms with Crippen molar-refractivity contribution in [3.63, 3.8) is 0 Å². The van der Waals surface area contributed by atoms with E-state index in [0.29, 0.717) is 32.8 Å². The molecule has 0 spiro atoms. The van der Waals surface area contributed by atoms with Gasteiger partial charge in [-0.3, -0.25) is 0 Å². The molecule has 3 rings (SSSR count). The van der Waals surface area contributed by atoms with Crippen LogP contribution in [0.25, 0.3) is 22.3 Å². The molecule has 0 N–H and O–H groups in total. The zero-order chi connectivity index (χ0) is 20.6. The Kier molecular flexibility index (Phi) is 5.23. The van der Waals surface area contributed by atoms with Gasteiger partial charge in [0.15, 0.2) is 0 Å². The van der Waals surface area contributed by atoms with Crippen molar-refractivity contribution < 1.29 is 13.2 Å². The molecule has 3 aromatic carbocycles. The molecule has 0 saturated carbocycles. The first kappa shape index (κ1) is 20.0. The van der Waals surface area contributed by atoms with E-state index in [4.69, 9.17) is 11.6 Å². The summed E-state index contributed by atoms with van der Waals surface area (Å²) in [7, 11) is 0. The Bertz CT molecular complexity index is 1110. The second kappa shape index (κ2) is 7.33. The van der Waals surface area contributed by atoms with Crippen LogP contribution in [0.15, 0.2) is 48.5 Å². The lowest BCUT2D eigenvalue weighted by Gasteiger charge is -2.16. The van der Waals surface area contributed by atoms with Crippen molar-refractivity contribution in [1.29, 1.82) is 5.26 Å². The zero-order valence-corrected chi connectivity index (χ0v) is 16.3. The van der Waals surface area contributed by atoms with E-state index >= 15 is 0 Å². The lowest BCUT2D eigenvalue weighted by Crippen LogP contribution is -2.05. The molecule has 0 radical (unpaired) electrons. The van der Waals surface area contributed by atoms with E-state index in [0.717, 1.165) is 28.8 Å². The summed E-state index contributed by atoms with van der Waals surface area (Å²) in [5.74, 6) is 0. The molecule has 0 fully saturated rings. The first-order chi connectivity index (χ1) is 13.1. The van der Waals surface area contributed by atoms with Crippen LogP contribution in [-0.4, -0.2) is 0 Å². The number of benzene rings is 3. The molecule has 0 amide bonds. The number of hydrogen-bond acceptors (Lipinski definition) is 1. The molecule has 0 bridgehead atoms. The Morgan fingerprint density at radius 2 is 1.46 bits per heavy atom. The molecule has 142 valence electrons. The van der Waals surface area contributed by atoms with E-state index < -0.39 is 11.7 Å². The Morgan fingerprint density at radius 1 is 0.786 bits per heavy atom. The van der Waals surface area contributed by atoms with Gasteiger partial charge in [-0.05, 0) is 79.4 Å². The first-order valence-corrected chi connectivity index (χ1v) is 8.99. The highest BCUT2D eigenvalue weighted by Gasteiger charge is 2.31. The molecule has 0 heterocycles. The fourth-order valence-corrected chi connectivity index (χ4v) is 3.47. The van der Waals surface area contributed by atoms with Crippen molar-refractivity contribution in [3.05, 3.63) is 81.4 Å². The minimum Gasteiger partial charge on any atom is -0.192 e. The maximum atomic E-state index is 13.2. The van der Waals surface area contributed by atoms with Crippen LogP contribution in [0.4, 0.5) is 13.2 Å². The lowest BCUT2D eigenvalue weighted by atomic mass is 9.89. The van der Waals surface area contributed by atoms with Gasteiger partial charge in [0.2, 0.25) is 0 Å². The third-order valence-corrected chi connectivity index (χ3v) is 5.08. The highest BCUT2D eigenvalue weighted by molar-refractivity contribution is 6.33. The molecule has 28 heavy (non-hydrogen) atoms. The summed E-state index contributed by atoms with van der Waals surface area (Å²) < 4.78 is 39.5. The van der Waals surface area contributed by atoms with Crippen molar-refractivity contribution in [3.8, 4) is 28.3 Å². The predicted molar refractivity (Wildman–Crippen MR) is 106 cm³/mol. The molecular weight excluding hydrogens is 383 g/mol. The molecule has 0 aliphatic rings. The average Bonchev–Trinajstić information content (AvgIpc) is 2.63. The highest BCUT2D eigenvalue weighted by Crippen LogP contribution is 2.38. The quantitative estimate of drug-likeness (QED) is 0.438. The molecule has 0 unspecified atom stereocenters. The molecule has 3 aromatic rings. The third-order valence-electron chi connectivity index (χ3n) is 4.75. The summed E-state index contributed by atoms with van der Waals surface area (Å²) in [4.78, 5) is 0. The maximum absolute atomic E-state index is 13.2. The van der Waals surface area contributed by atoms with Crippen LogP contribution in [-0.2, 0) is 6.18 Å². The van der Waals surface area contributed by atoms with Gasteiger partial charge in [-0.15, -0.1) is 0 Å². The summed E-state index contributed by atoms with van der Waals surface area (Å²) in [6.45, 7) is 5.51. The van der Waals surface area contributed by atoms with Gasteiger partial charge in [0.25, 0.3) is 0 Å². The summed E-state index contributed by atoms with van der Waals surface area (Å²) >= 11 is 6.33. The van der Waals surface area contributed by atoms with Crippen LogP contribution < -0.4 is 0 Å². The summed E-state index contributed by atoms with van der Waals surface area (Å²) in [6.07, 6.45) is -4.43. The number of alkyl halides is 3. The average molecular weight is 400 g/mol. The molecule has 0 aliphatic carbocycles. The second-order valence-electron chi connectivity index (χ2n) is 6.84. The third kappa shape index (κ3) is 3.76. The van der Waals surface area contributed by atoms with Crippen molar-refractivity contribution in [2.75, 3.05) is 0 Å². The van der Waals surface area contributed by atoms with Crippen LogP contribution in [0.3, 0.4) is 0 Å². The number of halogens is 4. The first-order valence-electron chi connectivity index (χ1n) is 8.61. The lowest BCUT2D eigenvalue weighted by molar-refractivity contribution is -0.137. The number of aryl methyl sites for hydroxylation is 3. The number of nitriles is 1. The minimum atomic E-state index is -4.43. The van der Waals surface area contributed by atoms with Crippen LogP contribution >= 0.6 is 11.6 Å². The van der Waals surface area contributed by atoms with Gasteiger partial charge < -0.3 is 0 Å². The van der Waals surface area contributed by atoms with Crippen LogP contribution in [0.5, 0.6) is 0 Å². The summed E-state index contributed by atoms with van der Waals surface area (Å²) in [5.41, 5.74) is 4.60. The number of nitrogens with zero attached hydrogens (tertiary/aromatic N) is 1. The van der Waals surface area contributed by atoms with Gasteiger partial charge in [-0.2, -0.15) is 18.4 Å². The molecule has 5 heteroatoms. The molecule has 1 nitrogen and oxygen atoms in total. The molecular formula is C23H17ClF3N. The number of hydrogen-bond donors (Lipinski definition) is 0. The monoisotopic (exact) mass is 399 g/mol. The smallest absolute Gasteiger partial charge is 0.192 e. The number of rotatable bonds is 2. The van der Waals surface area contributed by atoms with Crippen molar-refractivity contribution in [2.24, 2.45) is 0 Å². The Morgan fingerprint density at radius 3 is 2.11 bits per heavy atom. The van der Waals surface area contributed by atoms with Gasteiger partial charge in [0.05, 0.1) is 17.2 Å². The summed E-state index contributed by atoms with van der Waals surface area (Å²) in [5, 5.41) is 10.2. The van der Waals surface area contributed by atoms with Gasteiger partial charge >= 0.3 is 6.18 Å². The van der Waals surface area contributed by atoms with E-state index in [-0.39, 0.29) is 0 Å². The summed E-state index contributed by atoms with van der Waals surface area (Å²) in [6, 6.07) is 14.8. The van der Waals surface area contributed by atoms with Gasteiger partial charge in [0.1, 0.15) is 0 Å². The highest BCUT2D eigenvalue weighted by atomic mass is 35.5. The Labute approximate surface area is 167 Å². The van der Waals surface area contributed by atoms with Crippen molar-refractivity contribution in [1.82, 2.24) is 0 Å². The molecule has 0 aromatic heterocycles. The van der Waals surface area contributed by atoms with Gasteiger partial charge in [-0.25, -0.2) is 0 Å².